The standard InChI is InChI=1S/C14H30N4/c1-16-8-5-14(12-15,6-9-16)18(3)11-13-4-7-17(2)10-13/h13H,4-12,15H2,1-3H3. The largest absolute Gasteiger partial charge is 0.329 e. The molecule has 2 N–H and O–H groups in total. The maximum atomic E-state index is 6.12. The van der Waals surface area contributed by atoms with Gasteiger partial charge in [0.15, 0.2) is 0 Å². The molecule has 2 aliphatic rings. The van der Waals surface area contributed by atoms with Crippen LogP contribution in [-0.2, 0) is 0 Å². The fourth-order valence-corrected chi connectivity index (χ4v) is 3.53. The molecule has 0 amide bonds. The highest BCUT2D eigenvalue weighted by Crippen LogP contribution is 2.28. The zero-order chi connectivity index (χ0) is 13.2. The number of nitrogens with two attached hydrogens (primary N) is 1. The fraction of sp³-hybridized carbons (Fsp3) is 1.00. The predicted octanol–water partition coefficient (Wildman–Crippen LogP) is 0.293. The van der Waals surface area contributed by atoms with Crippen molar-refractivity contribution in [2.75, 3.05) is 60.4 Å². The van der Waals surface area contributed by atoms with E-state index in [0.29, 0.717) is 0 Å². The van der Waals surface area contributed by atoms with Gasteiger partial charge in [-0.3, -0.25) is 4.90 Å². The monoisotopic (exact) mass is 254 g/mol. The summed E-state index contributed by atoms with van der Waals surface area (Å²) in [5, 5.41) is 0. The molecule has 1 atom stereocenters. The van der Waals surface area contributed by atoms with Crippen molar-refractivity contribution in [2.45, 2.75) is 24.8 Å². The van der Waals surface area contributed by atoms with E-state index < -0.39 is 0 Å². The number of rotatable bonds is 4. The topological polar surface area (TPSA) is 35.7 Å². The van der Waals surface area contributed by atoms with Crippen LogP contribution >= 0.6 is 0 Å². The average molecular weight is 254 g/mol. The minimum Gasteiger partial charge on any atom is -0.329 e. The summed E-state index contributed by atoms with van der Waals surface area (Å²) >= 11 is 0. The van der Waals surface area contributed by atoms with Crippen LogP contribution < -0.4 is 5.73 Å². The first kappa shape index (κ1) is 14.3. The number of nitrogens with zero attached hydrogens (tertiary/aromatic N) is 3. The Morgan fingerprint density at radius 3 is 2.33 bits per heavy atom. The molecule has 0 aromatic rings. The Morgan fingerprint density at radius 1 is 1.17 bits per heavy atom. The van der Waals surface area contributed by atoms with Crippen LogP contribution in [0.2, 0.25) is 0 Å². The second kappa shape index (κ2) is 5.87. The minimum atomic E-state index is 0.258. The second-order valence-electron chi connectivity index (χ2n) is 6.53. The second-order valence-corrected chi connectivity index (χ2v) is 6.53. The molecule has 2 rings (SSSR count). The van der Waals surface area contributed by atoms with Crippen LogP contribution in [0.5, 0.6) is 0 Å². The Labute approximate surface area is 112 Å². The summed E-state index contributed by atoms with van der Waals surface area (Å²) in [6.45, 7) is 6.91. The molecule has 0 saturated carbocycles. The number of hydrogen-bond acceptors (Lipinski definition) is 4. The highest BCUT2D eigenvalue weighted by molar-refractivity contribution is 4.95. The third kappa shape index (κ3) is 3.05. The van der Waals surface area contributed by atoms with Gasteiger partial charge < -0.3 is 15.5 Å². The lowest BCUT2D eigenvalue weighted by molar-refractivity contribution is 0.0438. The highest BCUT2D eigenvalue weighted by Gasteiger charge is 2.37. The molecule has 2 heterocycles. The van der Waals surface area contributed by atoms with Crippen LogP contribution in [0.15, 0.2) is 0 Å². The first-order chi connectivity index (χ1) is 8.55. The summed E-state index contributed by atoms with van der Waals surface area (Å²) in [6.07, 6.45) is 3.79. The van der Waals surface area contributed by atoms with E-state index >= 15 is 0 Å². The quantitative estimate of drug-likeness (QED) is 0.782. The summed E-state index contributed by atoms with van der Waals surface area (Å²) in [5.41, 5.74) is 6.37. The van der Waals surface area contributed by atoms with Crippen molar-refractivity contribution in [3.05, 3.63) is 0 Å². The minimum absolute atomic E-state index is 0.258. The van der Waals surface area contributed by atoms with Crippen LogP contribution in [0.4, 0.5) is 0 Å². The van der Waals surface area contributed by atoms with Crippen molar-refractivity contribution >= 4 is 0 Å². The van der Waals surface area contributed by atoms with E-state index in [-0.39, 0.29) is 5.54 Å². The van der Waals surface area contributed by atoms with Gasteiger partial charge in [-0.2, -0.15) is 0 Å². The number of likely N-dealkylation sites (tertiary alicyclic amines) is 2. The third-order valence-corrected chi connectivity index (χ3v) is 5.13. The molecule has 4 heteroatoms. The van der Waals surface area contributed by atoms with Gasteiger partial charge in [-0.05, 0) is 66.0 Å². The first-order valence-corrected chi connectivity index (χ1v) is 7.34. The maximum Gasteiger partial charge on any atom is 0.0353 e. The van der Waals surface area contributed by atoms with E-state index in [1.54, 1.807) is 0 Å². The summed E-state index contributed by atoms with van der Waals surface area (Å²) < 4.78 is 0. The van der Waals surface area contributed by atoms with Crippen LogP contribution in [0.25, 0.3) is 0 Å². The van der Waals surface area contributed by atoms with Gasteiger partial charge in [-0.15, -0.1) is 0 Å². The zero-order valence-electron chi connectivity index (χ0n) is 12.4. The molecule has 0 aromatic heterocycles. The number of piperidine rings is 1. The van der Waals surface area contributed by atoms with Gasteiger partial charge >= 0.3 is 0 Å². The third-order valence-electron chi connectivity index (χ3n) is 5.13. The summed E-state index contributed by atoms with van der Waals surface area (Å²) in [7, 11) is 6.73. The van der Waals surface area contributed by atoms with Gasteiger partial charge in [0.2, 0.25) is 0 Å². The van der Waals surface area contributed by atoms with Gasteiger partial charge in [0, 0.05) is 25.2 Å². The SMILES string of the molecule is CN1CCC(CN)(N(C)CC2CCN(C)C2)CC1. The van der Waals surface area contributed by atoms with Crippen molar-refractivity contribution in [3.8, 4) is 0 Å². The molecule has 0 aliphatic carbocycles. The Kier molecular flexibility index (Phi) is 4.64. The van der Waals surface area contributed by atoms with Gasteiger partial charge in [-0.25, -0.2) is 0 Å². The van der Waals surface area contributed by atoms with E-state index in [1.165, 1.54) is 52.0 Å². The Balaban J connectivity index is 1.90. The van der Waals surface area contributed by atoms with Gasteiger partial charge in [0.25, 0.3) is 0 Å². The Bertz CT molecular complexity index is 261. The molecule has 0 spiro atoms. The molecule has 0 radical (unpaired) electrons. The average Bonchev–Trinajstić information content (AvgIpc) is 2.76. The van der Waals surface area contributed by atoms with E-state index in [9.17, 15) is 0 Å². The lowest BCUT2D eigenvalue weighted by Crippen LogP contribution is -2.58. The lowest BCUT2D eigenvalue weighted by atomic mass is 9.85. The van der Waals surface area contributed by atoms with Crippen LogP contribution in [0.3, 0.4) is 0 Å². The molecule has 1 unspecified atom stereocenters. The number of likely N-dealkylation sites (N-methyl/N-ethyl adjacent to an activating group) is 1. The van der Waals surface area contributed by atoms with E-state index in [2.05, 4.69) is 35.8 Å². The van der Waals surface area contributed by atoms with Gasteiger partial charge in [-0.1, -0.05) is 0 Å². The fourth-order valence-electron chi connectivity index (χ4n) is 3.53. The molecular formula is C14H30N4. The van der Waals surface area contributed by atoms with E-state index in [0.717, 1.165) is 12.5 Å². The maximum absolute atomic E-state index is 6.12. The highest BCUT2D eigenvalue weighted by atomic mass is 15.2. The molecule has 4 nitrogen and oxygen atoms in total. The molecule has 2 saturated heterocycles. The summed E-state index contributed by atoms with van der Waals surface area (Å²) in [5.74, 6) is 0.836. The van der Waals surface area contributed by atoms with E-state index in [4.69, 9.17) is 5.73 Å². The van der Waals surface area contributed by atoms with Crippen molar-refractivity contribution < 1.29 is 0 Å². The van der Waals surface area contributed by atoms with Gasteiger partial charge in [0.1, 0.15) is 0 Å². The molecule has 2 fully saturated rings. The lowest BCUT2D eigenvalue weighted by Gasteiger charge is -2.47. The van der Waals surface area contributed by atoms with Crippen molar-refractivity contribution in [1.29, 1.82) is 0 Å². The van der Waals surface area contributed by atoms with Crippen molar-refractivity contribution in [2.24, 2.45) is 11.7 Å². The van der Waals surface area contributed by atoms with Crippen LogP contribution in [-0.4, -0.2) is 80.7 Å². The summed E-state index contributed by atoms with van der Waals surface area (Å²) in [4.78, 5) is 7.44. The molecule has 106 valence electrons. The molecule has 0 aromatic carbocycles. The summed E-state index contributed by atoms with van der Waals surface area (Å²) in [6, 6.07) is 0. The molecular weight excluding hydrogens is 224 g/mol. The zero-order valence-corrected chi connectivity index (χ0v) is 12.4. The predicted molar refractivity (Wildman–Crippen MR) is 76.8 cm³/mol. The Hall–Kier alpha value is -0.160. The van der Waals surface area contributed by atoms with Crippen molar-refractivity contribution in [3.63, 3.8) is 0 Å². The van der Waals surface area contributed by atoms with Crippen LogP contribution in [0, 0.1) is 5.92 Å². The first-order valence-electron chi connectivity index (χ1n) is 7.34. The number of hydrogen-bond donors (Lipinski definition) is 1. The van der Waals surface area contributed by atoms with Crippen molar-refractivity contribution in [1.82, 2.24) is 14.7 Å². The smallest absolute Gasteiger partial charge is 0.0353 e. The molecule has 2 aliphatic heterocycles. The Morgan fingerprint density at radius 2 is 1.83 bits per heavy atom. The van der Waals surface area contributed by atoms with Crippen LogP contribution in [0.1, 0.15) is 19.3 Å². The van der Waals surface area contributed by atoms with E-state index in [1.807, 2.05) is 0 Å². The normalized spacial score (nSPS) is 30.2. The molecule has 0 bridgehead atoms. The van der Waals surface area contributed by atoms with Gasteiger partial charge in [0.05, 0.1) is 0 Å². The molecule has 18 heavy (non-hydrogen) atoms.